The van der Waals surface area contributed by atoms with Crippen molar-refractivity contribution in [1.82, 2.24) is 0 Å². The molecule has 0 fully saturated rings. The number of hydrogen-bond donors (Lipinski definition) is 0. The van der Waals surface area contributed by atoms with E-state index < -0.39 is 0 Å². The summed E-state index contributed by atoms with van der Waals surface area (Å²) in [6.07, 6.45) is 7.06. The summed E-state index contributed by atoms with van der Waals surface area (Å²) in [5, 5.41) is 0. The first-order chi connectivity index (χ1) is 6.60. The molecule has 0 rings (SSSR count). The summed E-state index contributed by atoms with van der Waals surface area (Å²) in [6, 6.07) is 0. The summed E-state index contributed by atoms with van der Waals surface area (Å²) in [5.41, 5.74) is 0. The van der Waals surface area contributed by atoms with Gasteiger partial charge in [0.2, 0.25) is 0 Å². The van der Waals surface area contributed by atoms with E-state index in [4.69, 9.17) is 0 Å². The van der Waals surface area contributed by atoms with E-state index in [1.807, 2.05) is 46.8 Å². The Kier molecular flexibility index (Phi) is 65.4. The number of rotatable bonds is 1. The Labute approximate surface area is 93.1 Å². The van der Waals surface area contributed by atoms with E-state index in [1.165, 1.54) is 6.42 Å². The van der Waals surface area contributed by atoms with E-state index in [0.29, 0.717) is 0 Å². The van der Waals surface area contributed by atoms with Crippen LogP contribution in [0.5, 0.6) is 0 Å². The summed E-state index contributed by atoms with van der Waals surface area (Å²) in [6.45, 7) is 19.9. The van der Waals surface area contributed by atoms with Crippen LogP contribution in [0.1, 0.15) is 61.8 Å². The standard InChI is InChI=1S/C5H12.C4H8.C3H6.C2H6/c1-4-5(2)3;1-3-4-2;1-3-2;1-2/h5H,4H2,1-3H3;3-4H,1-2H3;3H,1H2,2H3;1-2H3/b;4-3+;;. The van der Waals surface area contributed by atoms with Crippen molar-refractivity contribution in [1.29, 1.82) is 0 Å². The van der Waals surface area contributed by atoms with E-state index in [2.05, 4.69) is 27.4 Å². The molecule has 0 saturated carbocycles. The minimum Gasteiger partial charge on any atom is -0.103 e. The summed E-state index contributed by atoms with van der Waals surface area (Å²) in [5.74, 6) is 0.884. The molecule has 0 aromatic carbocycles. The minimum atomic E-state index is 0.884. The van der Waals surface area contributed by atoms with E-state index >= 15 is 0 Å². The monoisotopic (exact) mass is 200 g/mol. The first-order valence-corrected chi connectivity index (χ1v) is 5.74. The first kappa shape index (κ1) is 23.4. The maximum Gasteiger partial charge on any atom is -0.0470 e. The molecule has 0 heteroatoms. The molecule has 0 aliphatic carbocycles. The summed E-state index contributed by atoms with van der Waals surface area (Å²) in [4.78, 5) is 0. The fraction of sp³-hybridized carbons (Fsp3) is 0.714. The van der Waals surface area contributed by atoms with Crippen molar-refractivity contribution in [2.24, 2.45) is 5.92 Å². The lowest BCUT2D eigenvalue weighted by atomic mass is 10.2. The third-order valence-electron chi connectivity index (χ3n) is 1.15. The van der Waals surface area contributed by atoms with Gasteiger partial charge in [-0.3, -0.25) is 0 Å². The highest BCUT2D eigenvalue weighted by Gasteiger charge is 1.80. The fourth-order valence-corrected chi connectivity index (χ4v) is 0. The van der Waals surface area contributed by atoms with Gasteiger partial charge in [-0.2, -0.15) is 0 Å². The molecule has 0 nitrogen and oxygen atoms in total. The lowest BCUT2D eigenvalue weighted by Crippen LogP contribution is -1.77. The highest BCUT2D eigenvalue weighted by atomic mass is 13.9. The van der Waals surface area contributed by atoms with Crippen LogP contribution in [0.2, 0.25) is 0 Å². The molecule has 0 N–H and O–H groups in total. The molecule has 0 heterocycles. The smallest absolute Gasteiger partial charge is 0.0470 e. The highest BCUT2D eigenvalue weighted by Crippen LogP contribution is 1.93. The van der Waals surface area contributed by atoms with Gasteiger partial charge >= 0.3 is 0 Å². The summed E-state index contributed by atoms with van der Waals surface area (Å²) >= 11 is 0. The average molecular weight is 200 g/mol. The molecule has 14 heavy (non-hydrogen) atoms. The van der Waals surface area contributed by atoms with Gasteiger partial charge in [-0.05, 0) is 26.7 Å². The van der Waals surface area contributed by atoms with Gasteiger partial charge in [-0.1, -0.05) is 59.3 Å². The lowest BCUT2D eigenvalue weighted by Gasteiger charge is -1.90. The molecule has 0 aliphatic rings. The van der Waals surface area contributed by atoms with Crippen molar-refractivity contribution in [2.45, 2.75) is 61.8 Å². The predicted octanol–water partition coefficient (Wildman–Crippen LogP) is 5.85. The molecule has 0 saturated heterocycles. The fourth-order valence-electron chi connectivity index (χ4n) is 0. The molecule has 0 spiro atoms. The molecule has 0 bridgehead atoms. The van der Waals surface area contributed by atoms with E-state index in [0.717, 1.165) is 5.92 Å². The SMILES string of the molecule is C/C=C/C.C=CC.CC.CCC(C)C. The number of hydrogen-bond acceptors (Lipinski definition) is 0. The van der Waals surface area contributed by atoms with Crippen LogP contribution in [-0.2, 0) is 0 Å². The van der Waals surface area contributed by atoms with E-state index in [1.54, 1.807) is 6.08 Å². The maximum absolute atomic E-state index is 3.36. The Morgan fingerprint density at radius 2 is 1.14 bits per heavy atom. The second-order valence-corrected chi connectivity index (χ2v) is 2.88. The molecular weight excluding hydrogens is 168 g/mol. The minimum absolute atomic E-state index is 0.884. The van der Waals surface area contributed by atoms with Crippen molar-refractivity contribution >= 4 is 0 Å². The Bertz CT molecular complexity index is 74.0. The first-order valence-electron chi connectivity index (χ1n) is 5.74. The zero-order chi connectivity index (χ0) is 12.4. The van der Waals surface area contributed by atoms with Crippen LogP contribution < -0.4 is 0 Å². The molecule has 88 valence electrons. The van der Waals surface area contributed by atoms with Crippen molar-refractivity contribution in [2.75, 3.05) is 0 Å². The van der Waals surface area contributed by atoms with Crippen LogP contribution in [0, 0.1) is 5.92 Å². The topological polar surface area (TPSA) is 0 Å². The van der Waals surface area contributed by atoms with Gasteiger partial charge < -0.3 is 0 Å². The zero-order valence-electron chi connectivity index (χ0n) is 11.7. The number of allylic oxidation sites excluding steroid dienone is 3. The Morgan fingerprint density at radius 1 is 1.00 bits per heavy atom. The van der Waals surface area contributed by atoms with Gasteiger partial charge in [0, 0.05) is 0 Å². The van der Waals surface area contributed by atoms with E-state index in [9.17, 15) is 0 Å². The van der Waals surface area contributed by atoms with Crippen molar-refractivity contribution < 1.29 is 0 Å². The quantitative estimate of drug-likeness (QED) is 0.465. The molecule has 0 atom stereocenters. The Balaban J connectivity index is -0.0000000505. The van der Waals surface area contributed by atoms with Crippen LogP contribution >= 0.6 is 0 Å². The van der Waals surface area contributed by atoms with Gasteiger partial charge in [0.05, 0.1) is 0 Å². The third kappa shape index (κ3) is 205. The van der Waals surface area contributed by atoms with Crippen LogP contribution in [-0.4, -0.2) is 0 Å². The van der Waals surface area contributed by atoms with Crippen LogP contribution in [0.25, 0.3) is 0 Å². The third-order valence-corrected chi connectivity index (χ3v) is 1.15. The summed E-state index contributed by atoms with van der Waals surface area (Å²) < 4.78 is 0. The molecule has 0 radical (unpaired) electrons. The molecule has 0 unspecified atom stereocenters. The van der Waals surface area contributed by atoms with Crippen molar-refractivity contribution in [3.8, 4) is 0 Å². The molecule has 0 amide bonds. The lowest BCUT2D eigenvalue weighted by molar-refractivity contribution is 0.626. The van der Waals surface area contributed by atoms with Crippen LogP contribution in [0.3, 0.4) is 0 Å². The predicted molar refractivity (Wildman–Crippen MR) is 72.8 cm³/mol. The Morgan fingerprint density at radius 3 is 1.14 bits per heavy atom. The molecule has 0 aromatic rings. The summed E-state index contributed by atoms with van der Waals surface area (Å²) in [7, 11) is 0. The van der Waals surface area contributed by atoms with Crippen molar-refractivity contribution in [3.05, 3.63) is 24.8 Å². The van der Waals surface area contributed by atoms with Gasteiger partial charge in [0.1, 0.15) is 0 Å². The zero-order valence-corrected chi connectivity index (χ0v) is 11.7. The average Bonchev–Trinajstić information content (AvgIpc) is 2.22. The van der Waals surface area contributed by atoms with E-state index in [-0.39, 0.29) is 0 Å². The van der Waals surface area contributed by atoms with Gasteiger partial charge in [-0.15, -0.1) is 6.58 Å². The second kappa shape index (κ2) is 39.2. The van der Waals surface area contributed by atoms with Crippen molar-refractivity contribution in [3.63, 3.8) is 0 Å². The largest absolute Gasteiger partial charge is 0.103 e. The van der Waals surface area contributed by atoms with Crippen LogP contribution in [0.15, 0.2) is 24.8 Å². The molecule has 0 aliphatic heterocycles. The van der Waals surface area contributed by atoms with Gasteiger partial charge in [0.15, 0.2) is 0 Å². The Hall–Kier alpha value is -0.520. The molecular formula is C14H32. The van der Waals surface area contributed by atoms with Gasteiger partial charge in [-0.25, -0.2) is 0 Å². The van der Waals surface area contributed by atoms with Crippen LogP contribution in [0.4, 0.5) is 0 Å². The van der Waals surface area contributed by atoms with Gasteiger partial charge in [0.25, 0.3) is 0 Å². The molecule has 0 aromatic heterocycles. The second-order valence-electron chi connectivity index (χ2n) is 2.88. The highest BCUT2D eigenvalue weighted by molar-refractivity contribution is 4.68. The maximum atomic E-state index is 3.36. The normalized spacial score (nSPS) is 7.50.